The Labute approximate surface area is 121 Å². The van der Waals surface area contributed by atoms with Crippen molar-refractivity contribution >= 4 is 38.9 Å². The van der Waals surface area contributed by atoms with Gasteiger partial charge in [-0.3, -0.25) is 9.59 Å². The highest BCUT2D eigenvalue weighted by Gasteiger charge is 2.13. The van der Waals surface area contributed by atoms with Crippen molar-refractivity contribution in [3.05, 3.63) is 29.1 Å². The van der Waals surface area contributed by atoms with E-state index in [0.717, 1.165) is 10.1 Å². The number of nitrogens with zero attached hydrogens (tertiary/aromatic N) is 1. The summed E-state index contributed by atoms with van der Waals surface area (Å²) in [6.45, 7) is 2.52. The molecule has 0 aliphatic carbocycles. The number of likely N-dealkylation sites (N-methyl/N-ethyl adjacent to an activating group) is 1. The van der Waals surface area contributed by atoms with E-state index in [1.807, 2.05) is 19.1 Å². The van der Waals surface area contributed by atoms with Crippen molar-refractivity contribution in [1.82, 2.24) is 10.2 Å². The van der Waals surface area contributed by atoms with Gasteiger partial charge < -0.3 is 16.0 Å². The Kier molecular flexibility index (Phi) is 4.24. The molecule has 0 aliphatic heterocycles. The molecule has 1 aromatic carbocycles. The number of hydrogen-bond donors (Lipinski definition) is 2. The second kappa shape index (κ2) is 5.92. The fourth-order valence-corrected chi connectivity index (χ4v) is 2.69. The van der Waals surface area contributed by atoms with E-state index in [9.17, 15) is 9.59 Å². The lowest BCUT2D eigenvalue weighted by atomic mass is 10.2. The first-order chi connectivity index (χ1) is 9.51. The van der Waals surface area contributed by atoms with E-state index in [1.54, 1.807) is 24.1 Å². The van der Waals surface area contributed by atoms with Crippen molar-refractivity contribution in [3.8, 4) is 0 Å². The minimum absolute atomic E-state index is 0.0134. The van der Waals surface area contributed by atoms with Gasteiger partial charge in [-0.2, -0.15) is 0 Å². The molecule has 5 nitrogen and oxygen atoms in total. The largest absolute Gasteiger partial charge is 0.399 e. The molecule has 106 valence electrons. The molecule has 2 rings (SSSR count). The number of nitrogens with two attached hydrogens (primary N) is 1. The van der Waals surface area contributed by atoms with Crippen molar-refractivity contribution in [1.29, 1.82) is 0 Å². The average Bonchev–Trinajstić information content (AvgIpc) is 2.86. The van der Waals surface area contributed by atoms with Gasteiger partial charge in [-0.1, -0.05) is 0 Å². The maximum atomic E-state index is 12.0. The molecule has 0 bridgehead atoms. The molecule has 20 heavy (non-hydrogen) atoms. The lowest BCUT2D eigenvalue weighted by Crippen LogP contribution is -2.37. The highest BCUT2D eigenvalue weighted by Crippen LogP contribution is 2.27. The topological polar surface area (TPSA) is 75.4 Å². The van der Waals surface area contributed by atoms with Crippen LogP contribution in [0.4, 0.5) is 5.69 Å². The predicted octanol–water partition coefficient (Wildman–Crippen LogP) is 1.69. The number of benzene rings is 1. The van der Waals surface area contributed by atoms with Crippen LogP contribution < -0.4 is 11.1 Å². The second-order valence-corrected chi connectivity index (χ2v) is 5.58. The first-order valence-corrected chi connectivity index (χ1v) is 7.14. The number of nitrogens with one attached hydrogen (secondary N) is 1. The molecule has 0 radical (unpaired) electrons. The summed E-state index contributed by atoms with van der Waals surface area (Å²) >= 11 is 1.39. The van der Waals surface area contributed by atoms with E-state index in [0.29, 0.717) is 17.1 Å². The summed E-state index contributed by atoms with van der Waals surface area (Å²) in [6.07, 6.45) is 0. The molecule has 0 aliphatic rings. The molecular weight excluding hydrogens is 274 g/mol. The van der Waals surface area contributed by atoms with E-state index >= 15 is 0 Å². The molecule has 1 aromatic heterocycles. The third-order valence-corrected chi connectivity index (χ3v) is 4.18. The fourth-order valence-electron chi connectivity index (χ4n) is 1.73. The lowest BCUT2D eigenvalue weighted by Gasteiger charge is -2.14. The van der Waals surface area contributed by atoms with E-state index < -0.39 is 0 Å². The van der Waals surface area contributed by atoms with Crippen LogP contribution >= 0.6 is 11.3 Å². The molecule has 3 N–H and O–H groups in total. The van der Waals surface area contributed by atoms with Crippen LogP contribution in [0, 0.1) is 0 Å². The second-order valence-electron chi connectivity index (χ2n) is 4.50. The molecule has 6 heteroatoms. The maximum absolute atomic E-state index is 12.0. The molecule has 0 unspecified atom stereocenters. The van der Waals surface area contributed by atoms with Gasteiger partial charge in [0.05, 0.1) is 11.4 Å². The van der Waals surface area contributed by atoms with Crippen LogP contribution in [-0.2, 0) is 4.79 Å². The molecule has 0 saturated heterocycles. The minimum atomic E-state index is -0.234. The van der Waals surface area contributed by atoms with Crippen LogP contribution in [0.1, 0.15) is 16.6 Å². The quantitative estimate of drug-likeness (QED) is 0.842. The molecule has 2 aromatic rings. The summed E-state index contributed by atoms with van der Waals surface area (Å²) in [4.78, 5) is 25.8. The van der Waals surface area contributed by atoms with Crippen LogP contribution in [0.5, 0.6) is 0 Å². The number of hydrogen-bond acceptors (Lipinski definition) is 4. The summed E-state index contributed by atoms with van der Waals surface area (Å²) in [7, 11) is 1.71. The van der Waals surface area contributed by atoms with E-state index in [2.05, 4.69) is 5.32 Å². The first-order valence-electron chi connectivity index (χ1n) is 6.32. The SMILES string of the molecule is CCN(C)C(=O)CNC(=O)c1cc2cc(N)ccc2s1. The molecule has 0 spiro atoms. The van der Waals surface area contributed by atoms with Crippen LogP contribution in [0.25, 0.3) is 10.1 Å². The van der Waals surface area contributed by atoms with E-state index in [-0.39, 0.29) is 18.4 Å². The molecule has 0 saturated carbocycles. The van der Waals surface area contributed by atoms with Crippen LogP contribution in [0.15, 0.2) is 24.3 Å². The van der Waals surface area contributed by atoms with Gasteiger partial charge in [0.15, 0.2) is 0 Å². The average molecular weight is 291 g/mol. The minimum Gasteiger partial charge on any atom is -0.399 e. The van der Waals surface area contributed by atoms with Crippen molar-refractivity contribution in [2.75, 3.05) is 25.9 Å². The molecular formula is C14H17N3O2S. The fraction of sp³-hybridized carbons (Fsp3) is 0.286. The van der Waals surface area contributed by atoms with Crippen molar-refractivity contribution in [2.45, 2.75) is 6.92 Å². The normalized spacial score (nSPS) is 10.5. The number of anilines is 1. The smallest absolute Gasteiger partial charge is 0.261 e. The maximum Gasteiger partial charge on any atom is 0.261 e. The molecule has 2 amide bonds. The highest BCUT2D eigenvalue weighted by atomic mass is 32.1. The number of nitrogen functional groups attached to an aromatic ring is 1. The predicted molar refractivity (Wildman–Crippen MR) is 81.9 cm³/mol. The van der Waals surface area contributed by atoms with Gasteiger partial charge in [0.25, 0.3) is 5.91 Å². The van der Waals surface area contributed by atoms with E-state index in [4.69, 9.17) is 5.73 Å². The Morgan fingerprint density at radius 2 is 2.10 bits per heavy atom. The van der Waals surface area contributed by atoms with Crippen LogP contribution in [0.3, 0.4) is 0 Å². The van der Waals surface area contributed by atoms with Gasteiger partial charge in [-0.05, 0) is 36.6 Å². The zero-order valence-electron chi connectivity index (χ0n) is 11.5. The Morgan fingerprint density at radius 3 is 2.80 bits per heavy atom. The molecule has 0 atom stereocenters. The summed E-state index contributed by atoms with van der Waals surface area (Å²) in [5, 5.41) is 3.58. The van der Waals surface area contributed by atoms with Crippen molar-refractivity contribution in [3.63, 3.8) is 0 Å². The Balaban J connectivity index is 2.06. The van der Waals surface area contributed by atoms with Gasteiger partial charge >= 0.3 is 0 Å². The Morgan fingerprint density at radius 1 is 1.35 bits per heavy atom. The number of carbonyl (C=O) groups excluding carboxylic acids is 2. The van der Waals surface area contributed by atoms with Gasteiger partial charge in [0, 0.05) is 24.0 Å². The molecule has 1 heterocycles. The van der Waals surface area contributed by atoms with E-state index in [1.165, 1.54) is 11.3 Å². The summed E-state index contributed by atoms with van der Waals surface area (Å²) in [6, 6.07) is 7.32. The van der Waals surface area contributed by atoms with Gasteiger partial charge in [-0.15, -0.1) is 11.3 Å². The standard InChI is InChI=1S/C14H17N3O2S/c1-3-17(2)13(18)8-16-14(19)12-7-9-6-10(15)4-5-11(9)20-12/h4-7H,3,8,15H2,1-2H3,(H,16,19). The van der Waals surface area contributed by atoms with Gasteiger partial charge in [-0.25, -0.2) is 0 Å². The number of rotatable bonds is 4. The number of carbonyl (C=O) groups is 2. The molecule has 0 fully saturated rings. The third kappa shape index (κ3) is 3.08. The first kappa shape index (κ1) is 14.3. The Hall–Kier alpha value is -2.08. The highest BCUT2D eigenvalue weighted by molar-refractivity contribution is 7.20. The van der Waals surface area contributed by atoms with Crippen molar-refractivity contribution < 1.29 is 9.59 Å². The number of fused-ring (bicyclic) bond motifs is 1. The summed E-state index contributed by atoms with van der Waals surface area (Å²) < 4.78 is 1.00. The number of amides is 2. The van der Waals surface area contributed by atoms with Gasteiger partial charge in [0.1, 0.15) is 0 Å². The number of thiophene rings is 1. The zero-order chi connectivity index (χ0) is 14.7. The van der Waals surface area contributed by atoms with Crippen molar-refractivity contribution in [2.24, 2.45) is 0 Å². The zero-order valence-corrected chi connectivity index (χ0v) is 12.3. The third-order valence-electron chi connectivity index (χ3n) is 3.06. The van der Waals surface area contributed by atoms with Crippen LogP contribution in [-0.4, -0.2) is 36.9 Å². The van der Waals surface area contributed by atoms with Gasteiger partial charge in [0.2, 0.25) is 5.91 Å². The monoisotopic (exact) mass is 291 g/mol. The van der Waals surface area contributed by atoms with Crippen LogP contribution in [0.2, 0.25) is 0 Å². The Bertz CT molecular complexity index is 651. The lowest BCUT2D eigenvalue weighted by molar-refractivity contribution is -0.128. The summed E-state index contributed by atoms with van der Waals surface area (Å²) in [5.41, 5.74) is 6.38. The summed E-state index contributed by atoms with van der Waals surface area (Å²) in [5.74, 6) is -0.339.